The molecule has 27 heavy (non-hydrogen) atoms. The zero-order valence-electron chi connectivity index (χ0n) is 14.5. The lowest BCUT2D eigenvalue weighted by molar-refractivity contribution is 0.633. The molecule has 0 bridgehead atoms. The van der Waals surface area contributed by atoms with Gasteiger partial charge in [0.05, 0.1) is 5.69 Å². The fourth-order valence-corrected chi connectivity index (χ4v) is 3.20. The molecule has 0 N–H and O–H groups in total. The average Bonchev–Trinajstić information content (AvgIpc) is 3.23. The predicted octanol–water partition coefficient (Wildman–Crippen LogP) is 1.30. The van der Waals surface area contributed by atoms with Crippen LogP contribution in [0.15, 0.2) is 55.0 Å². The number of piperazine rings is 1. The molecule has 0 saturated carbocycles. The van der Waals surface area contributed by atoms with Gasteiger partial charge in [-0.2, -0.15) is 4.52 Å². The molecule has 1 fully saturated rings. The molecule has 0 aliphatic carbocycles. The van der Waals surface area contributed by atoms with Crippen molar-refractivity contribution in [2.45, 2.75) is 0 Å². The summed E-state index contributed by atoms with van der Waals surface area (Å²) in [6.07, 6.45) is 3.38. The molecule has 134 valence electrons. The van der Waals surface area contributed by atoms with Gasteiger partial charge in [0.15, 0.2) is 11.5 Å². The summed E-state index contributed by atoms with van der Waals surface area (Å²) in [7, 11) is 0. The zero-order valence-corrected chi connectivity index (χ0v) is 14.5. The van der Waals surface area contributed by atoms with E-state index in [-0.39, 0.29) is 0 Å². The number of hydrogen-bond donors (Lipinski definition) is 0. The maximum atomic E-state index is 4.57. The quantitative estimate of drug-likeness (QED) is 0.541. The van der Waals surface area contributed by atoms with Gasteiger partial charge in [-0.05, 0) is 36.4 Å². The largest absolute Gasteiger partial charge is 0.352 e. The van der Waals surface area contributed by atoms with E-state index in [0.29, 0.717) is 0 Å². The fourth-order valence-electron chi connectivity index (χ4n) is 3.20. The molecule has 0 spiro atoms. The second-order valence-electron chi connectivity index (χ2n) is 6.29. The first-order valence-electron chi connectivity index (χ1n) is 8.79. The van der Waals surface area contributed by atoms with Crippen molar-refractivity contribution in [2.75, 3.05) is 36.0 Å². The second kappa shape index (κ2) is 6.60. The highest BCUT2D eigenvalue weighted by molar-refractivity contribution is 5.55. The van der Waals surface area contributed by atoms with Crippen molar-refractivity contribution in [3.63, 3.8) is 0 Å². The zero-order chi connectivity index (χ0) is 18.1. The molecule has 5 heterocycles. The highest BCUT2D eigenvalue weighted by Crippen LogP contribution is 2.19. The maximum absolute atomic E-state index is 4.57. The van der Waals surface area contributed by atoms with E-state index in [4.69, 9.17) is 0 Å². The summed E-state index contributed by atoms with van der Waals surface area (Å²) in [5.41, 5.74) is 2.36. The number of fused-ring (bicyclic) bond motifs is 1. The molecular weight excluding hydrogens is 342 g/mol. The summed E-state index contributed by atoms with van der Waals surface area (Å²) in [5.74, 6) is 1.81. The van der Waals surface area contributed by atoms with Gasteiger partial charge < -0.3 is 9.80 Å². The van der Waals surface area contributed by atoms with Crippen LogP contribution in [0.25, 0.3) is 17.0 Å². The van der Waals surface area contributed by atoms with Crippen LogP contribution in [0.3, 0.4) is 0 Å². The molecule has 1 saturated heterocycles. The van der Waals surface area contributed by atoms with Gasteiger partial charge >= 0.3 is 0 Å². The highest BCUT2D eigenvalue weighted by Gasteiger charge is 2.20. The van der Waals surface area contributed by atoms with Crippen LogP contribution >= 0.6 is 0 Å². The topological polar surface area (TPSA) is 88.2 Å². The Balaban J connectivity index is 1.27. The van der Waals surface area contributed by atoms with E-state index in [2.05, 4.69) is 40.3 Å². The Morgan fingerprint density at radius 1 is 0.704 bits per heavy atom. The van der Waals surface area contributed by atoms with E-state index in [9.17, 15) is 0 Å². The van der Waals surface area contributed by atoms with Crippen LogP contribution in [0.4, 0.5) is 11.6 Å². The van der Waals surface area contributed by atoms with E-state index in [1.165, 1.54) is 0 Å². The van der Waals surface area contributed by atoms with Crippen molar-refractivity contribution in [1.82, 2.24) is 35.0 Å². The minimum atomic E-state index is 0.751. The molecule has 0 atom stereocenters. The molecule has 0 unspecified atom stereocenters. The van der Waals surface area contributed by atoms with Crippen LogP contribution in [0.1, 0.15) is 0 Å². The van der Waals surface area contributed by atoms with E-state index >= 15 is 0 Å². The van der Waals surface area contributed by atoms with Gasteiger partial charge in [-0.1, -0.05) is 6.07 Å². The van der Waals surface area contributed by atoms with E-state index in [0.717, 1.165) is 54.8 Å². The van der Waals surface area contributed by atoms with Crippen molar-refractivity contribution in [2.24, 2.45) is 0 Å². The van der Waals surface area contributed by atoms with Gasteiger partial charge in [0.25, 0.3) is 0 Å². The molecule has 9 nitrogen and oxygen atoms in total. The van der Waals surface area contributed by atoms with Crippen molar-refractivity contribution in [3.05, 3.63) is 55.0 Å². The van der Waals surface area contributed by atoms with Crippen LogP contribution in [-0.2, 0) is 0 Å². The maximum Gasteiger partial charge on any atom is 0.177 e. The van der Waals surface area contributed by atoms with Crippen molar-refractivity contribution in [1.29, 1.82) is 0 Å². The second-order valence-corrected chi connectivity index (χ2v) is 6.29. The number of hydrogen-bond acceptors (Lipinski definition) is 8. The van der Waals surface area contributed by atoms with Crippen LogP contribution in [-0.4, -0.2) is 61.2 Å². The van der Waals surface area contributed by atoms with E-state index in [1.807, 2.05) is 42.5 Å². The lowest BCUT2D eigenvalue weighted by Crippen LogP contribution is -2.47. The average molecular weight is 359 g/mol. The number of nitrogens with zero attached hydrogens (tertiary/aromatic N) is 9. The Bertz CT molecular complexity index is 1040. The predicted molar refractivity (Wildman–Crippen MR) is 100 cm³/mol. The minimum absolute atomic E-state index is 0.751. The van der Waals surface area contributed by atoms with Crippen molar-refractivity contribution < 1.29 is 0 Å². The summed E-state index contributed by atoms with van der Waals surface area (Å²) < 4.78 is 1.70. The monoisotopic (exact) mass is 359 g/mol. The number of rotatable bonds is 3. The smallest absolute Gasteiger partial charge is 0.177 e. The molecule has 0 amide bonds. The highest BCUT2D eigenvalue weighted by atomic mass is 15.4. The van der Waals surface area contributed by atoms with Gasteiger partial charge in [0.2, 0.25) is 0 Å². The first kappa shape index (κ1) is 15.6. The van der Waals surface area contributed by atoms with E-state index in [1.54, 1.807) is 17.0 Å². The third-order valence-corrected chi connectivity index (χ3v) is 4.65. The molecule has 0 radical (unpaired) electrons. The summed E-state index contributed by atoms with van der Waals surface area (Å²) in [6, 6.07) is 13.7. The number of aromatic nitrogens is 7. The summed E-state index contributed by atoms with van der Waals surface area (Å²) in [6.45, 7) is 3.45. The molecule has 1 aliphatic heterocycles. The minimum Gasteiger partial charge on any atom is -0.352 e. The lowest BCUT2D eigenvalue weighted by Gasteiger charge is -2.35. The molecule has 1 aliphatic rings. The SMILES string of the molecule is c1ccc(-c2ccc(N3CCN(c4ccc5nncn5n4)CC3)nn2)nc1. The molecule has 4 aromatic rings. The Hall–Kier alpha value is -3.62. The first-order chi connectivity index (χ1) is 13.4. The fraction of sp³-hybridized carbons (Fsp3) is 0.222. The van der Waals surface area contributed by atoms with Gasteiger partial charge in [-0.15, -0.1) is 25.5 Å². The Morgan fingerprint density at radius 3 is 2.26 bits per heavy atom. The summed E-state index contributed by atoms with van der Waals surface area (Å²) in [5, 5.41) is 21.2. The number of pyridine rings is 1. The number of anilines is 2. The lowest BCUT2D eigenvalue weighted by atomic mass is 10.2. The van der Waals surface area contributed by atoms with Crippen LogP contribution < -0.4 is 9.80 Å². The molecule has 0 aromatic carbocycles. The Morgan fingerprint density at radius 2 is 1.52 bits per heavy atom. The van der Waals surface area contributed by atoms with Gasteiger partial charge in [-0.25, -0.2) is 0 Å². The van der Waals surface area contributed by atoms with Crippen molar-refractivity contribution >= 4 is 17.3 Å². The van der Waals surface area contributed by atoms with Gasteiger partial charge in [0.1, 0.15) is 17.8 Å². The van der Waals surface area contributed by atoms with Crippen LogP contribution in [0.5, 0.6) is 0 Å². The third-order valence-electron chi connectivity index (χ3n) is 4.65. The van der Waals surface area contributed by atoms with Crippen LogP contribution in [0.2, 0.25) is 0 Å². The molecule has 5 rings (SSSR count). The normalized spacial score (nSPS) is 14.7. The van der Waals surface area contributed by atoms with Crippen molar-refractivity contribution in [3.8, 4) is 11.4 Å². The molecular formula is C18H17N9. The summed E-state index contributed by atoms with van der Waals surface area (Å²) >= 11 is 0. The third kappa shape index (κ3) is 3.03. The standard InChI is InChI=1S/C18H17N9/c1-2-8-19-14(3-1)15-4-5-16(23-21-15)25-9-11-26(12-10-25)18-7-6-17-22-20-13-27(17)24-18/h1-8,13H,9-12H2. The van der Waals surface area contributed by atoms with Gasteiger partial charge in [0, 0.05) is 32.4 Å². The summed E-state index contributed by atoms with van der Waals surface area (Å²) in [4.78, 5) is 8.81. The van der Waals surface area contributed by atoms with E-state index < -0.39 is 0 Å². The first-order valence-corrected chi connectivity index (χ1v) is 8.79. The molecule has 9 heteroatoms. The Kier molecular flexibility index (Phi) is 3.82. The molecule has 4 aromatic heterocycles. The Labute approximate surface area is 155 Å². The van der Waals surface area contributed by atoms with Gasteiger partial charge in [-0.3, -0.25) is 4.98 Å². The van der Waals surface area contributed by atoms with Crippen LogP contribution in [0, 0.1) is 0 Å².